The lowest BCUT2D eigenvalue weighted by Gasteiger charge is -2.19. The number of hydrogen-bond donors (Lipinski definition) is 3. The van der Waals surface area contributed by atoms with Crippen LogP contribution in [0.3, 0.4) is 0 Å². The highest BCUT2D eigenvalue weighted by atomic mass is 31.2. The molecule has 27 heavy (non-hydrogen) atoms. The Morgan fingerprint density at radius 1 is 1.04 bits per heavy atom. The first-order chi connectivity index (χ1) is 12.7. The molecule has 0 heterocycles. The Bertz CT molecular complexity index is 470. The van der Waals surface area contributed by atoms with E-state index in [-0.39, 0.29) is 13.0 Å². The fourth-order valence-electron chi connectivity index (χ4n) is 1.93. The van der Waals surface area contributed by atoms with Crippen molar-refractivity contribution in [2.75, 3.05) is 26.4 Å². The summed E-state index contributed by atoms with van der Waals surface area (Å²) in [7, 11) is -4.54. The quantitative estimate of drug-likeness (QED) is 0.192. The van der Waals surface area contributed by atoms with Crippen molar-refractivity contribution in [1.82, 2.24) is 0 Å². The summed E-state index contributed by atoms with van der Waals surface area (Å²) in [6.07, 6.45) is 2.69. The van der Waals surface area contributed by atoms with E-state index in [1.54, 1.807) is 0 Å². The smallest absolute Gasteiger partial charge is 0.462 e. The van der Waals surface area contributed by atoms with Gasteiger partial charge in [0.1, 0.15) is 12.7 Å². The van der Waals surface area contributed by atoms with Crippen LogP contribution in [0.25, 0.3) is 0 Å². The van der Waals surface area contributed by atoms with Crippen LogP contribution in [0.2, 0.25) is 0 Å². The van der Waals surface area contributed by atoms with Gasteiger partial charge in [0, 0.05) is 13.3 Å². The first kappa shape index (κ1) is 26.0. The van der Waals surface area contributed by atoms with E-state index in [9.17, 15) is 19.0 Å². The maximum absolute atomic E-state index is 11.7. The SMILES string of the molecule is CCCCCCCC(=O)OC[C@H](COP(=O)(O)OC[C@@H](O)CO)OC(C)=O. The Morgan fingerprint density at radius 3 is 2.26 bits per heavy atom. The minimum absolute atomic E-state index is 0.234. The highest BCUT2D eigenvalue weighted by molar-refractivity contribution is 7.47. The van der Waals surface area contributed by atoms with Gasteiger partial charge in [-0.05, 0) is 6.42 Å². The molecule has 160 valence electrons. The summed E-state index contributed by atoms with van der Waals surface area (Å²) in [5, 5.41) is 17.7. The Balaban J connectivity index is 4.28. The summed E-state index contributed by atoms with van der Waals surface area (Å²) >= 11 is 0. The van der Waals surface area contributed by atoms with E-state index in [2.05, 4.69) is 16.0 Å². The van der Waals surface area contributed by atoms with Gasteiger partial charge in [0.15, 0.2) is 6.10 Å². The molecule has 3 atom stereocenters. The van der Waals surface area contributed by atoms with Gasteiger partial charge < -0.3 is 24.6 Å². The lowest BCUT2D eigenvalue weighted by molar-refractivity contribution is -0.159. The van der Waals surface area contributed by atoms with Gasteiger partial charge in [-0.2, -0.15) is 0 Å². The standard InChI is InChI=1S/C16H31O10P/c1-3-4-5-6-7-8-16(20)23-11-15(26-13(2)18)12-25-27(21,22)24-10-14(19)9-17/h14-15,17,19H,3-12H2,1-2H3,(H,21,22)/t14-,15+/m0/s1. The van der Waals surface area contributed by atoms with Crippen molar-refractivity contribution >= 4 is 19.8 Å². The van der Waals surface area contributed by atoms with E-state index in [1.165, 1.54) is 0 Å². The molecule has 0 saturated carbocycles. The number of unbranched alkanes of at least 4 members (excludes halogenated alkanes) is 4. The van der Waals surface area contributed by atoms with Crippen LogP contribution in [0, 0.1) is 0 Å². The monoisotopic (exact) mass is 414 g/mol. The molecule has 0 fully saturated rings. The van der Waals surface area contributed by atoms with Gasteiger partial charge in [-0.3, -0.25) is 18.6 Å². The van der Waals surface area contributed by atoms with Crippen molar-refractivity contribution in [3.8, 4) is 0 Å². The first-order valence-electron chi connectivity index (χ1n) is 8.93. The largest absolute Gasteiger partial charge is 0.472 e. The zero-order valence-electron chi connectivity index (χ0n) is 15.9. The molecule has 11 heteroatoms. The number of carbonyl (C=O) groups is 2. The van der Waals surface area contributed by atoms with Gasteiger partial charge in [-0.1, -0.05) is 32.6 Å². The molecule has 0 saturated heterocycles. The van der Waals surface area contributed by atoms with Crippen LogP contribution < -0.4 is 0 Å². The molecule has 0 aliphatic carbocycles. The average molecular weight is 414 g/mol. The van der Waals surface area contributed by atoms with Crippen LogP contribution in [0.1, 0.15) is 52.4 Å². The molecule has 3 N–H and O–H groups in total. The van der Waals surface area contributed by atoms with E-state index in [0.717, 1.165) is 32.6 Å². The van der Waals surface area contributed by atoms with E-state index in [1.807, 2.05) is 0 Å². The number of hydrogen-bond acceptors (Lipinski definition) is 9. The molecule has 0 spiro atoms. The second kappa shape index (κ2) is 15.0. The third-order valence-corrected chi connectivity index (χ3v) is 4.26. The summed E-state index contributed by atoms with van der Waals surface area (Å²) < 4.78 is 30.7. The van der Waals surface area contributed by atoms with Crippen molar-refractivity contribution < 1.29 is 47.8 Å². The fourth-order valence-corrected chi connectivity index (χ4v) is 2.72. The topological polar surface area (TPSA) is 149 Å². The Hall–Kier alpha value is -1.03. The van der Waals surface area contributed by atoms with E-state index in [4.69, 9.17) is 19.7 Å². The summed E-state index contributed by atoms with van der Waals surface area (Å²) in [5.74, 6) is -1.14. The van der Waals surface area contributed by atoms with Crippen LogP contribution in [0.15, 0.2) is 0 Å². The maximum atomic E-state index is 11.7. The van der Waals surface area contributed by atoms with Gasteiger partial charge in [-0.25, -0.2) is 4.57 Å². The van der Waals surface area contributed by atoms with Gasteiger partial charge >= 0.3 is 19.8 Å². The molecule has 0 bridgehead atoms. The summed E-state index contributed by atoms with van der Waals surface area (Å²) in [5.41, 5.74) is 0. The molecule has 1 unspecified atom stereocenters. The molecule has 0 aromatic carbocycles. The predicted octanol–water partition coefficient (Wildman–Crippen LogP) is 1.31. The Kier molecular flexibility index (Phi) is 14.4. The minimum atomic E-state index is -4.54. The predicted molar refractivity (Wildman–Crippen MR) is 94.7 cm³/mol. The molecular weight excluding hydrogens is 383 g/mol. The fraction of sp³-hybridized carbons (Fsp3) is 0.875. The lowest BCUT2D eigenvalue weighted by Crippen LogP contribution is -2.29. The molecule has 0 aliphatic heterocycles. The maximum Gasteiger partial charge on any atom is 0.472 e. The second-order valence-electron chi connectivity index (χ2n) is 5.98. The average Bonchev–Trinajstić information content (AvgIpc) is 2.61. The first-order valence-corrected chi connectivity index (χ1v) is 10.4. The number of aliphatic hydroxyl groups is 2. The van der Waals surface area contributed by atoms with E-state index in [0.29, 0.717) is 6.42 Å². The minimum Gasteiger partial charge on any atom is -0.462 e. The Morgan fingerprint density at radius 2 is 1.67 bits per heavy atom. The Labute approximate surface area is 159 Å². The summed E-state index contributed by atoms with van der Waals surface area (Å²) in [6, 6.07) is 0. The number of phosphoric acid groups is 1. The van der Waals surface area contributed by atoms with Crippen LogP contribution in [-0.4, -0.2) is 65.7 Å². The molecule has 0 amide bonds. The third kappa shape index (κ3) is 15.7. The molecule has 0 aliphatic rings. The highest BCUT2D eigenvalue weighted by Crippen LogP contribution is 2.43. The highest BCUT2D eigenvalue weighted by Gasteiger charge is 2.26. The van der Waals surface area contributed by atoms with Crippen molar-refractivity contribution in [1.29, 1.82) is 0 Å². The normalized spacial score (nSPS) is 15.6. The number of phosphoric ester groups is 1. The zero-order chi connectivity index (χ0) is 20.7. The van der Waals surface area contributed by atoms with Crippen LogP contribution in [0.5, 0.6) is 0 Å². The lowest BCUT2D eigenvalue weighted by atomic mass is 10.1. The summed E-state index contributed by atoms with van der Waals surface area (Å²) in [6.45, 7) is 1.09. The molecular formula is C16H31O10P. The molecule has 0 radical (unpaired) electrons. The number of ether oxygens (including phenoxy) is 2. The zero-order valence-corrected chi connectivity index (χ0v) is 16.8. The van der Waals surface area contributed by atoms with Gasteiger partial charge in [0.05, 0.1) is 19.8 Å². The molecule has 0 rings (SSSR count). The van der Waals surface area contributed by atoms with Crippen molar-refractivity contribution in [2.45, 2.75) is 64.6 Å². The van der Waals surface area contributed by atoms with Crippen LogP contribution >= 0.6 is 7.82 Å². The van der Waals surface area contributed by atoms with Gasteiger partial charge in [0.25, 0.3) is 0 Å². The second-order valence-corrected chi connectivity index (χ2v) is 7.43. The van der Waals surface area contributed by atoms with Crippen molar-refractivity contribution in [3.05, 3.63) is 0 Å². The van der Waals surface area contributed by atoms with E-state index >= 15 is 0 Å². The van der Waals surface area contributed by atoms with E-state index < -0.39 is 51.8 Å². The third-order valence-electron chi connectivity index (χ3n) is 3.31. The number of carbonyl (C=O) groups excluding carboxylic acids is 2. The molecule has 0 aromatic rings. The number of rotatable bonds is 16. The number of aliphatic hydroxyl groups excluding tert-OH is 2. The van der Waals surface area contributed by atoms with Gasteiger partial charge in [0.2, 0.25) is 0 Å². The van der Waals surface area contributed by atoms with Gasteiger partial charge in [-0.15, -0.1) is 0 Å². The van der Waals surface area contributed by atoms with Crippen molar-refractivity contribution in [2.24, 2.45) is 0 Å². The molecule has 0 aromatic heterocycles. The van der Waals surface area contributed by atoms with Crippen molar-refractivity contribution in [3.63, 3.8) is 0 Å². The summed E-state index contributed by atoms with van der Waals surface area (Å²) in [4.78, 5) is 32.3. The van der Waals surface area contributed by atoms with Crippen LogP contribution in [-0.2, 0) is 32.7 Å². The molecule has 10 nitrogen and oxygen atoms in total. The van der Waals surface area contributed by atoms with Crippen LogP contribution in [0.4, 0.5) is 0 Å². The number of esters is 2.